The van der Waals surface area contributed by atoms with E-state index >= 15 is 0 Å². The van der Waals surface area contributed by atoms with Gasteiger partial charge in [0.2, 0.25) is 11.8 Å². The minimum Gasteiger partial charge on any atom is -0.275 e. The van der Waals surface area contributed by atoms with Gasteiger partial charge in [0, 0.05) is 4.47 Å². The zero-order valence-electron chi connectivity index (χ0n) is 9.39. The summed E-state index contributed by atoms with van der Waals surface area (Å²) in [7, 11) is 0. The summed E-state index contributed by atoms with van der Waals surface area (Å²) >= 11 is 3.37. The molecule has 3 atom stereocenters. The smallest absolute Gasteiger partial charge is 0.233 e. The molecule has 0 aromatic heterocycles. The molecule has 17 heavy (non-hydrogen) atoms. The van der Waals surface area contributed by atoms with E-state index in [0.29, 0.717) is 0 Å². The van der Waals surface area contributed by atoms with Crippen molar-refractivity contribution in [3.63, 3.8) is 0 Å². The zero-order chi connectivity index (χ0) is 12.2. The zero-order valence-corrected chi connectivity index (χ0v) is 11.0. The number of benzene rings is 1. The number of rotatable bonds is 2. The number of imide groups is 1. The van der Waals surface area contributed by atoms with Crippen molar-refractivity contribution in [1.29, 1.82) is 0 Å². The first-order valence-electron chi connectivity index (χ1n) is 5.72. The average molecular weight is 294 g/mol. The van der Waals surface area contributed by atoms with Gasteiger partial charge < -0.3 is 0 Å². The van der Waals surface area contributed by atoms with Gasteiger partial charge in [0.05, 0.1) is 17.9 Å². The predicted molar refractivity (Wildman–Crippen MR) is 66.0 cm³/mol. The third-order valence-corrected chi connectivity index (χ3v) is 4.17. The summed E-state index contributed by atoms with van der Waals surface area (Å²) in [4.78, 5) is 25.3. The molecule has 1 heterocycles. The fourth-order valence-electron chi connectivity index (χ4n) is 2.48. The van der Waals surface area contributed by atoms with Crippen LogP contribution in [-0.2, 0) is 9.59 Å². The largest absolute Gasteiger partial charge is 0.275 e. The van der Waals surface area contributed by atoms with Crippen LogP contribution in [0.1, 0.15) is 24.9 Å². The Morgan fingerprint density at radius 2 is 1.71 bits per heavy atom. The summed E-state index contributed by atoms with van der Waals surface area (Å²) in [6, 6.07) is 7.59. The predicted octanol–water partition coefficient (Wildman–Crippen LogP) is 2.52. The lowest BCUT2D eigenvalue weighted by Crippen LogP contribution is -2.35. The van der Waals surface area contributed by atoms with Crippen molar-refractivity contribution in [2.45, 2.75) is 19.4 Å². The fraction of sp³-hybridized carbons (Fsp3) is 0.385. The molecule has 3 rings (SSSR count). The Morgan fingerprint density at radius 1 is 1.18 bits per heavy atom. The molecule has 1 aliphatic carbocycles. The van der Waals surface area contributed by atoms with E-state index in [9.17, 15) is 9.59 Å². The Morgan fingerprint density at radius 3 is 2.24 bits per heavy atom. The third-order valence-electron chi connectivity index (χ3n) is 3.64. The number of carbonyl (C=O) groups excluding carboxylic acids is 2. The Balaban J connectivity index is 1.87. The van der Waals surface area contributed by atoms with E-state index in [0.717, 1.165) is 16.5 Å². The van der Waals surface area contributed by atoms with Crippen molar-refractivity contribution in [2.75, 3.05) is 0 Å². The van der Waals surface area contributed by atoms with Crippen molar-refractivity contribution in [2.24, 2.45) is 11.8 Å². The van der Waals surface area contributed by atoms with Crippen molar-refractivity contribution < 1.29 is 9.59 Å². The molecule has 0 spiro atoms. The first-order valence-corrected chi connectivity index (χ1v) is 6.51. The van der Waals surface area contributed by atoms with E-state index in [1.165, 1.54) is 4.90 Å². The first-order chi connectivity index (χ1) is 8.09. The lowest BCUT2D eigenvalue weighted by atomic mass is 10.1. The lowest BCUT2D eigenvalue weighted by molar-refractivity contribution is -0.143. The van der Waals surface area contributed by atoms with Crippen LogP contribution in [0.25, 0.3) is 0 Å². The highest BCUT2D eigenvalue weighted by atomic mass is 79.9. The van der Waals surface area contributed by atoms with Gasteiger partial charge in [-0.15, -0.1) is 0 Å². The normalized spacial score (nSPS) is 28.2. The van der Waals surface area contributed by atoms with E-state index in [-0.39, 0.29) is 29.7 Å². The van der Waals surface area contributed by atoms with Crippen LogP contribution < -0.4 is 0 Å². The minimum absolute atomic E-state index is 0.00965. The van der Waals surface area contributed by atoms with Crippen LogP contribution in [0, 0.1) is 11.8 Å². The summed E-state index contributed by atoms with van der Waals surface area (Å²) in [6.45, 7) is 1.91. The van der Waals surface area contributed by atoms with Crippen LogP contribution in [0.15, 0.2) is 28.7 Å². The van der Waals surface area contributed by atoms with Crippen LogP contribution in [0.3, 0.4) is 0 Å². The molecular weight excluding hydrogens is 282 g/mol. The van der Waals surface area contributed by atoms with Gasteiger partial charge >= 0.3 is 0 Å². The molecule has 2 fully saturated rings. The topological polar surface area (TPSA) is 37.4 Å². The van der Waals surface area contributed by atoms with Gasteiger partial charge in [-0.25, -0.2) is 0 Å². The lowest BCUT2D eigenvalue weighted by Gasteiger charge is -2.24. The van der Waals surface area contributed by atoms with Crippen molar-refractivity contribution >= 4 is 27.7 Å². The Bertz CT molecular complexity index is 477. The fourth-order valence-corrected chi connectivity index (χ4v) is 2.74. The summed E-state index contributed by atoms with van der Waals surface area (Å²) in [5.41, 5.74) is 0.996. The molecule has 0 radical (unpaired) electrons. The molecule has 3 nitrogen and oxygen atoms in total. The van der Waals surface area contributed by atoms with Gasteiger partial charge in [-0.3, -0.25) is 14.5 Å². The van der Waals surface area contributed by atoms with Crippen LogP contribution in [-0.4, -0.2) is 16.7 Å². The van der Waals surface area contributed by atoms with Crippen molar-refractivity contribution in [3.8, 4) is 0 Å². The van der Waals surface area contributed by atoms with Gasteiger partial charge in [0.25, 0.3) is 0 Å². The molecule has 1 saturated heterocycles. The Labute approximate surface area is 108 Å². The molecule has 4 heteroatoms. The van der Waals surface area contributed by atoms with E-state index in [2.05, 4.69) is 15.9 Å². The highest BCUT2D eigenvalue weighted by molar-refractivity contribution is 9.10. The molecule has 88 valence electrons. The van der Waals surface area contributed by atoms with Crippen molar-refractivity contribution in [1.82, 2.24) is 4.90 Å². The van der Waals surface area contributed by atoms with E-state index in [1.807, 2.05) is 31.2 Å². The molecule has 3 unspecified atom stereocenters. The van der Waals surface area contributed by atoms with Gasteiger partial charge in [0.1, 0.15) is 0 Å². The van der Waals surface area contributed by atoms with Gasteiger partial charge in [0.15, 0.2) is 0 Å². The maximum absolute atomic E-state index is 11.9. The Kier molecular flexibility index (Phi) is 2.36. The monoisotopic (exact) mass is 293 g/mol. The molecule has 0 bridgehead atoms. The molecule has 1 aliphatic heterocycles. The van der Waals surface area contributed by atoms with E-state index < -0.39 is 0 Å². The van der Waals surface area contributed by atoms with Gasteiger partial charge in [-0.2, -0.15) is 0 Å². The summed E-state index contributed by atoms with van der Waals surface area (Å²) in [6.07, 6.45) is 0.765. The molecule has 1 aromatic carbocycles. The minimum atomic E-state index is -0.157. The number of piperidine rings is 1. The number of halogens is 1. The quantitative estimate of drug-likeness (QED) is 0.786. The standard InChI is InChI=1S/C13H12BrNO2/c1-7(8-2-4-9(14)5-3-8)15-12(16)10-6-11(10)13(15)17/h2-5,7,10-11H,6H2,1H3. The molecule has 1 aromatic rings. The van der Waals surface area contributed by atoms with E-state index in [4.69, 9.17) is 0 Å². The molecular formula is C13H12BrNO2. The molecule has 1 saturated carbocycles. The maximum Gasteiger partial charge on any atom is 0.233 e. The summed E-state index contributed by atoms with van der Waals surface area (Å²) in [5, 5.41) is 0. The molecule has 2 amide bonds. The number of hydrogen-bond donors (Lipinski definition) is 0. The highest BCUT2D eigenvalue weighted by Crippen LogP contribution is 2.49. The van der Waals surface area contributed by atoms with Crippen LogP contribution in [0.2, 0.25) is 0 Å². The molecule has 2 aliphatic rings. The van der Waals surface area contributed by atoms with Crippen LogP contribution in [0.5, 0.6) is 0 Å². The van der Waals surface area contributed by atoms with E-state index in [1.54, 1.807) is 0 Å². The summed E-state index contributed by atoms with van der Waals surface area (Å²) < 4.78 is 0.996. The van der Waals surface area contributed by atoms with Crippen LogP contribution >= 0.6 is 15.9 Å². The highest BCUT2D eigenvalue weighted by Gasteiger charge is 2.59. The SMILES string of the molecule is CC(c1ccc(Br)cc1)N1C(=O)C2CC2C1=O. The number of fused-ring (bicyclic) bond motifs is 1. The summed E-state index contributed by atoms with van der Waals surface area (Å²) in [5.74, 6) is -0.00775. The Hall–Kier alpha value is -1.16. The van der Waals surface area contributed by atoms with Gasteiger partial charge in [-0.1, -0.05) is 28.1 Å². The number of likely N-dealkylation sites (tertiary alicyclic amines) is 1. The van der Waals surface area contributed by atoms with Gasteiger partial charge in [-0.05, 0) is 31.0 Å². The van der Waals surface area contributed by atoms with Crippen LogP contribution in [0.4, 0.5) is 0 Å². The average Bonchev–Trinajstić information content (AvgIpc) is 3.05. The first kappa shape index (κ1) is 11.0. The second-order valence-electron chi connectivity index (χ2n) is 4.72. The third kappa shape index (κ3) is 1.62. The second kappa shape index (κ2) is 3.67. The number of hydrogen-bond acceptors (Lipinski definition) is 2. The molecule has 0 N–H and O–H groups in total. The second-order valence-corrected chi connectivity index (χ2v) is 5.64. The number of amides is 2. The number of nitrogens with zero attached hydrogens (tertiary/aromatic N) is 1. The van der Waals surface area contributed by atoms with Crippen molar-refractivity contribution in [3.05, 3.63) is 34.3 Å². The number of carbonyl (C=O) groups is 2. The maximum atomic E-state index is 11.9.